The smallest absolute Gasteiger partial charge is 0.142 e. The van der Waals surface area contributed by atoms with Crippen molar-refractivity contribution in [2.45, 2.75) is 19.8 Å². The Morgan fingerprint density at radius 1 is 1.70 bits per heavy atom. The molecule has 0 saturated heterocycles. The summed E-state index contributed by atoms with van der Waals surface area (Å²) in [5.41, 5.74) is 0. The summed E-state index contributed by atoms with van der Waals surface area (Å²) >= 11 is 5.61. The standard InChI is InChI=1S/C7H10ClNO/c1-5-2-3-9-7(8)4-6(5)10/h5H,2-4H2,1H3. The zero-order valence-corrected chi connectivity index (χ0v) is 6.69. The molecule has 0 aromatic carbocycles. The van der Waals surface area contributed by atoms with Gasteiger partial charge in [-0.25, -0.2) is 0 Å². The highest BCUT2D eigenvalue weighted by Crippen LogP contribution is 2.12. The molecule has 1 rings (SSSR count). The Labute approximate surface area is 65.3 Å². The number of nitrogens with zero attached hydrogens (tertiary/aromatic N) is 1. The van der Waals surface area contributed by atoms with Gasteiger partial charge in [-0.3, -0.25) is 9.79 Å². The molecule has 0 amide bonds. The Hall–Kier alpha value is -0.370. The number of hydrogen-bond acceptors (Lipinski definition) is 2. The van der Waals surface area contributed by atoms with Crippen LogP contribution >= 0.6 is 11.6 Å². The topological polar surface area (TPSA) is 29.4 Å². The van der Waals surface area contributed by atoms with E-state index in [4.69, 9.17) is 11.6 Å². The Kier molecular flexibility index (Phi) is 2.44. The van der Waals surface area contributed by atoms with E-state index >= 15 is 0 Å². The summed E-state index contributed by atoms with van der Waals surface area (Å²) in [5, 5.41) is 0.467. The molecule has 1 unspecified atom stereocenters. The van der Waals surface area contributed by atoms with Gasteiger partial charge in [-0.1, -0.05) is 18.5 Å². The fourth-order valence-electron chi connectivity index (χ4n) is 0.914. The van der Waals surface area contributed by atoms with Crippen LogP contribution in [-0.4, -0.2) is 17.5 Å². The lowest BCUT2D eigenvalue weighted by molar-refractivity contribution is -0.121. The first-order valence-electron chi connectivity index (χ1n) is 3.41. The Morgan fingerprint density at radius 2 is 2.40 bits per heavy atom. The van der Waals surface area contributed by atoms with Crippen LogP contribution in [0.1, 0.15) is 19.8 Å². The van der Waals surface area contributed by atoms with E-state index in [1.165, 1.54) is 0 Å². The molecule has 0 aliphatic carbocycles. The largest absolute Gasteiger partial charge is 0.299 e. The number of ketones is 1. The molecule has 0 aromatic rings. The molecule has 0 fully saturated rings. The van der Waals surface area contributed by atoms with E-state index in [-0.39, 0.29) is 11.7 Å². The minimum absolute atomic E-state index is 0.139. The average Bonchev–Trinajstić information content (AvgIpc) is 1.96. The third-order valence-electron chi connectivity index (χ3n) is 1.72. The summed E-state index contributed by atoms with van der Waals surface area (Å²) < 4.78 is 0. The maximum absolute atomic E-state index is 11.1. The normalized spacial score (nSPS) is 27.6. The lowest BCUT2D eigenvalue weighted by Gasteiger charge is -2.01. The monoisotopic (exact) mass is 159 g/mol. The summed E-state index contributed by atoms with van der Waals surface area (Å²) in [6, 6.07) is 0. The molecule has 0 spiro atoms. The highest BCUT2D eigenvalue weighted by Gasteiger charge is 2.16. The Bertz CT molecular complexity index is 176. The Balaban J connectivity index is 2.62. The van der Waals surface area contributed by atoms with Crippen molar-refractivity contribution in [2.24, 2.45) is 10.9 Å². The number of carbonyl (C=O) groups excluding carboxylic acids is 1. The van der Waals surface area contributed by atoms with Crippen molar-refractivity contribution in [1.82, 2.24) is 0 Å². The summed E-state index contributed by atoms with van der Waals surface area (Å²) in [7, 11) is 0. The van der Waals surface area contributed by atoms with Gasteiger partial charge in [0.05, 0.1) is 6.42 Å². The van der Waals surface area contributed by atoms with Crippen molar-refractivity contribution in [2.75, 3.05) is 6.54 Å². The van der Waals surface area contributed by atoms with Gasteiger partial charge < -0.3 is 0 Å². The molecular formula is C7H10ClNO. The van der Waals surface area contributed by atoms with Crippen molar-refractivity contribution in [3.63, 3.8) is 0 Å². The molecule has 0 saturated carbocycles. The van der Waals surface area contributed by atoms with Crippen molar-refractivity contribution in [3.8, 4) is 0 Å². The average molecular weight is 160 g/mol. The van der Waals surface area contributed by atoms with E-state index in [0.717, 1.165) is 6.42 Å². The summed E-state index contributed by atoms with van der Waals surface area (Å²) in [4.78, 5) is 15.0. The molecule has 0 radical (unpaired) electrons. The Morgan fingerprint density at radius 3 is 3.10 bits per heavy atom. The molecule has 56 valence electrons. The fourth-order valence-corrected chi connectivity index (χ4v) is 1.13. The number of halogens is 1. The maximum Gasteiger partial charge on any atom is 0.142 e. The number of rotatable bonds is 0. The molecule has 3 heteroatoms. The van der Waals surface area contributed by atoms with Gasteiger partial charge in [-0.05, 0) is 6.42 Å². The quantitative estimate of drug-likeness (QED) is 0.528. The molecule has 2 nitrogen and oxygen atoms in total. The number of hydrogen-bond donors (Lipinski definition) is 0. The van der Waals surface area contributed by atoms with Crippen molar-refractivity contribution in [1.29, 1.82) is 0 Å². The van der Waals surface area contributed by atoms with Gasteiger partial charge in [0.15, 0.2) is 0 Å². The molecule has 10 heavy (non-hydrogen) atoms. The highest BCUT2D eigenvalue weighted by atomic mass is 35.5. The number of aliphatic imine (C=N–C) groups is 1. The first-order valence-corrected chi connectivity index (χ1v) is 3.79. The lowest BCUT2D eigenvalue weighted by atomic mass is 10.0. The van der Waals surface area contributed by atoms with E-state index in [2.05, 4.69) is 4.99 Å². The number of carbonyl (C=O) groups is 1. The molecule has 1 heterocycles. The fraction of sp³-hybridized carbons (Fsp3) is 0.714. The number of Topliss-reactive ketones (excluding diaryl/α,β-unsaturated/α-hetero) is 1. The lowest BCUT2D eigenvalue weighted by Crippen LogP contribution is -2.10. The molecule has 0 bridgehead atoms. The van der Waals surface area contributed by atoms with Crippen LogP contribution in [0.3, 0.4) is 0 Å². The van der Waals surface area contributed by atoms with Crippen LogP contribution in [0.15, 0.2) is 4.99 Å². The van der Waals surface area contributed by atoms with Gasteiger partial charge in [0.1, 0.15) is 11.0 Å². The maximum atomic E-state index is 11.1. The van der Waals surface area contributed by atoms with Crippen LogP contribution in [0.5, 0.6) is 0 Å². The minimum Gasteiger partial charge on any atom is -0.299 e. The van der Waals surface area contributed by atoms with Gasteiger partial charge in [-0.2, -0.15) is 0 Å². The van der Waals surface area contributed by atoms with E-state index in [1.54, 1.807) is 0 Å². The van der Waals surface area contributed by atoms with Crippen molar-refractivity contribution < 1.29 is 4.79 Å². The minimum atomic E-state index is 0.139. The second-order valence-corrected chi connectivity index (χ2v) is 3.03. The molecular weight excluding hydrogens is 150 g/mol. The van der Waals surface area contributed by atoms with Gasteiger partial charge in [0.2, 0.25) is 0 Å². The van der Waals surface area contributed by atoms with Gasteiger partial charge in [-0.15, -0.1) is 0 Å². The third-order valence-corrected chi connectivity index (χ3v) is 1.97. The predicted molar refractivity (Wildman–Crippen MR) is 41.6 cm³/mol. The van der Waals surface area contributed by atoms with Crippen molar-refractivity contribution in [3.05, 3.63) is 0 Å². The summed E-state index contributed by atoms with van der Waals surface area (Å²) in [6.45, 7) is 2.62. The summed E-state index contributed by atoms with van der Waals surface area (Å²) in [5.74, 6) is 0.353. The van der Waals surface area contributed by atoms with Gasteiger partial charge in [0, 0.05) is 12.5 Å². The van der Waals surface area contributed by atoms with Crippen LogP contribution in [0.2, 0.25) is 0 Å². The third kappa shape index (κ3) is 1.81. The zero-order valence-electron chi connectivity index (χ0n) is 5.93. The predicted octanol–water partition coefficient (Wildman–Crippen LogP) is 1.62. The first kappa shape index (κ1) is 7.73. The molecule has 1 aliphatic heterocycles. The second kappa shape index (κ2) is 3.15. The first-order chi connectivity index (χ1) is 4.70. The van der Waals surface area contributed by atoms with Crippen LogP contribution in [0.25, 0.3) is 0 Å². The van der Waals surface area contributed by atoms with Gasteiger partial charge in [0.25, 0.3) is 0 Å². The van der Waals surface area contributed by atoms with E-state index < -0.39 is 0 Å². The van der Waals surface area contributed by atoms with Crippen LogP contribution in [0, 0.1) is 5.92 Å². The molecule has 0 N–H and O–H groups in total. The molecule has 1 aliphatic rings. The SMILES string of the molecule is CC1CCN=C(Cl)CC1=O. The van der Waals surface area contributed by atoms with Crippen molar-refractivity contribution >= 4 is 22.6 Å². The highest BCUT2D eigenvalue weighted by molar-refractivity contribution is 6.66. The van der Waals surface area contributed by atoms with Crippen LogP contribution < -0.4 is 0 Å². The molecule has 0 aromatic heterocycles. The van der Waals surface area contributed by atoms with E-state index in [1.807, 2.05) is 6.92 Å². The van der Waals surface area contributed by atoms with E-state index in [0.29, 0.717) is 18.1 Å². The molecule has 1 atom stereocenters. The second-order valence-electron chi connectivity index (χ2n) is 2.59. The van der Waals surface area contributed by atoms with Crippen LogP contribution in [-0.2, 0) is 4.79 Å². The van der Waals surface area contributed by atoms with E-state index in [9.17, 15) is 4.79 Å². The van der Waals surface area contributed by atoms with Crippen LogP contribution in [0.4, 0.5) is 0 Å². The summed E-state index contributed by atoms with van der Waals surface area (Å²) in [6.07, 6.45) is 1.18. The zero-order chi connectivity index (χ0) is 7.56. The van der Waals surface area contributed by atoms with Gasteiger partial charge >= 0.3 is 0 Å².